The first kappa shape index (κ1) is 22.3. The van der Waals surface area contributed by atoms with Gasteiger partial charge in [-0.3, -0.25) is 14.5 Å². The topological polar surface area (TPSA) is 91.7 Å². The van der Waals surface area contributed by atoms with E-state index in [9.17, 15) is 18.8 Å². The maximum Gasteiger partial charge on any atom is 0.325 e. The molecular weight excluding hydrogens is 449 g/mol. The molecule has 2 heterocycles. The van der Waals surface area contributed by atoms with Crippen LogP contribution in [0.3, 0.4) is 0 Å². The van der Waals surface area contributed by atoms with Crippen LogP contribution in [0.1, 0.15) is 29.9 Å². The first-order chi connectivity index (χ1) is 16.8. The third kappa shape index (κ3) is 4.14. The monoisotopic (exact) mass is 471 g/mol. The van der Waals surface area contributed by atoms with Crippen LogP contribution in [0.15, 0.2) is 89.3 Å². The van der Waals surface area contributed by atoms with Gasteiger partial charge in [0.15, 0.2) is 0 Å². The van der Waals surface area contributed by atoms with Crippen molar-refractivity contribution in [3.63, 3.8) is 0 Å². The highest BCUT2D eigenvalue weighted by Gasteiger charge is 2.49. The van der Waals surface area contributed by atoms with E-state index in [1.807, 2.05) is 60.7 Å². The summed E-state index contributed by atoms with van der Waals surface area (Å²) in [4.78, 5) is 39.7. The predicted octanol–water partition coefficient (Wildman–Crippen LogP) is 4.24. The molecule has 0 radical (unpaired) electrons. The van der Waals surface area contributed by atoms with E-state index >= 15 is 0 Å². The number of nitrogens with zero attached hydrogens (tertiary/aromatic N) is 1. The molecule has 3 aromatic carbocycles. The number of urea groups is 1. The number of halogens is 1. The lowest BCUT2D eigenvalue weighted by molar-refractivity contribution is -0.135. The van der Waals surface area contributed by atoms with E-state index < -0.39 is 41.8 Å². The van der Waals surface area contributed by atoms with Crippen molar-refractivity contribution in [3.05, 3.63) is 108 Å². The average molecular weight is 471 g/mol. The van der Waals surface area contributed by atoms with Gasteiger partial charge in [-0.1, -0.05) is 60.7 Å². The summed E-state index contributed by atoms with van der Waals surface area (Å²) in [7, 11) is 0. The molecule has 1 aliphatic rings. The fraction of sp³-hybridized carbons (Fsp3) is 0.148. The average Bonchev–Trinajstić information content (AvgIpc) is 3.38. The molecule has 4 amide bonds. The summed E-state index contributed by atoms with van der Waals surface area (Å²) >= 11 is 0. The van der Waals surface area contributed by atoms with E-state index in [0.717, 1.165) is 15.8 Å². The maximum absolute atomic E-state index is 13.3. The van der Waals surface area contributed by atoms with Gasteiger partial charge < -0.3 is 15.1 Å². The van der Waals surface area contributed by atoms with Crippen LogP contribution in [0.4, 0.5) is 9.18 Å². The molecular formula is C27H22FN3O4. The van der Waals surface area contributed by atoms with E-state index in [1.165, 1.54) is 31.2 Å². The van der Waals surface area contributed by atoms with Gasteiger partial charge in [-0.05, 0) is 42.3 Å². The summed E-state index contributed by atoms with van der Waals surface area (Å²) in [5.41, 5.74) is 0.488. The van der Waals surface area contributed by atoms with Gasteiger partial charge in [0.2, 0.25) is 5.91 Å². The van der Waals surface area contributed by atoms with Crippen molar-refractivity contribution < 1.29 is 23.2 Å². The van der Waals surface area contributed by atoms with Crippen LogP contribution in [0, 0.1) is 5.82 Å². The Morgan fingerprint density at radius 3 is 2.43 bits per heavy atom. The molecule has 176 valence electrons. The number of benzene rings is 3. The third-order valence-corrected chi connectivity index (χ3v) is 6.17. The number of carbonyl (C=O) groups excluding carboxylic acids is 3. The first-order valence-corrected chi connectivity index (χ1v) is 11.1. The SMILES string of the molecule is CC1(c2ccc(F)cc2)NC(=O)N(CC(=O)NC(c2ccccc2)c2cc3ccccc3o2)C1=O. The van der Waals surface area contributed by atoms with Gasteiger partial charge >= 0.3 is 6.03 Å². The summed E-state index contributed by atoms with van der Waals surface area (Å²) in [6.07, 6.45) is 0. The lowest BCUT2D eigenvalue weighted by Crippen LogP contribution is -2.44. The number of hydrogen-bond acceptors (Lipinski definition) is 4. The van der Waals surface area contributed by atoms with Crippen LogP contribution in [-0.4, -0.2) is 29.3 Å². The van der Waals surface area contributed by atoms with E-state index in [2.05, 4.69) is 10.6 Å². The molecule has 35 heavy (non-hydrogen) atoms. The van der Waals surface area contributed by atoms with Crippen LogP contribution >= 0.6 is 0 Å². The molecule has 4 aromatic rings. The molecule has 1 aliphatic heterocycles. The minimum absolute atomic E-state index is 0.421. The van der Waals surface area contributed by atoms with Gasteiger partial charge in [0, 0.05) is 5.39 Å². The number of fused-ring (bicyclic) bond motifs is 1. The van der Waals surface area contributed by atoms with E-state index in [4.69, 9.17) is 4.42 Å². The van der Waals surface area contributed by atoms with Gasteiger partial charge in [-0.25, -0.2) is 9.18 Å². The molecule has 5 rings (SSSR count). The van der Waals surface area contributed by atoms with Crippen molar-refractivity contribution in [1.82, 2.24) is 15.5 Å². The Bertz CT molecular complexity index is 1380. The lowest BCUT2D eigenvalue weighted by Gasteiger charge is -2.22. The number of rotatable bonds is 6. The Morgan fingerprint density at radius 2 is 1.71 bits per heavy atom. The van der Waals surface area contributed by atoms with Crippen LogP contribution in [0.5, 0.6) is 0 Å². The second-order valence-corrected chi connectivity index (χ2v) is 8.55. The fourth-order valence-corrected chi connectivity index (χ4v) is 4.28. The Kier molecular flexibility index (Phi) is 5.56. The van der Waals surface area contributed by atoms with E-state index in [0.29, 0.717) is 16.9 Å². The molecule has 1 fully saturated rings. The van der Waals surface area contributed by atoms with Crippen molar-refractivity contribution in [2.75, 3.05) is 6.54 Å². The molecule has 0 spiro atoms. The van der Waals surface area contributed by atoms with Crippen LogP contribution in [0.2, 0.25) is 0 Å². The highest BCUT2D eigenvalue weighted by atomic mass is 19.1. The second kappa shape index (κ2) is 8.72. The predicted molar refractivity (Wildman–Crippen MR) is 127 cm³/mol. The first-order valence-electron chi connectivity index (χ1n) is 11.1. The summed E-state index contributed by atoms with van der Waals surface area (Å²) in [6, 6.07) is 22.6. The van der Waals surface area contributed by atoms with Crippen LogP contribution in [0.25, 0.3) is 11.0 Å². The zero-order valence-corrected chi connectivity index (χ0v) is 18.8. The molecule has 0 saturated carbocycles. The molecule has 1 saturated heterocycles. The minimum atomic E-state index is -1.40. The van der Waals surface area contributed by atoms with E-state index in [-0.39, 0.29) is 0 Å². The highest BCUT2D eigenvalue weighted by molar-refractivity contribution is 6.09. The summed E-state index contributed by atoms with van der Waals surface area (Å²) < 4.78 is 19.3. The number of carbonyl (C=O) groups is 3. The Hall–Kier alpha value is -4.46. The van der Waals surface area contributed by atoms with Crippen molar-refractivity contribution >= 4 is 28.8 Å². The molecule has 2 atom stereocenters. The Labute approximate surface area is 200 Å². The number of para-hydroxylation sites is 1. The van der Waals surface area contributed by atoms with Crippen molar-refractivity contribution in [2.24, 2.45) is 0 Å². The van der Waals surface area contributed by atoms with Crippen molar-refractivity contribution in [1.29, 1.82) is 0 Å². The zero-order chi connectivity index (χ0) is 24.6. The van der Waals surface area contributed by atoms with Crippen LogP contribution in [-0.2, 0) is 15.1 Å². The summed E-state index contributed by atoms with van der Waals surface area (Å²) in [5.74, 6) is -1.06. The summed E-state index contributed by atoms with van der Waals surface area (Å²) in [5, 5.41) is 6.41. The Balaban J connectivity index is 1.38. The normalized spacial score (nSPS) is 18.5. The molecule has 2 unspecified atom stereocenters. The number of nitrogens with one attached hydrogen (secondary N) is 2. The van der Waals surface area contributed by atoms with Gasteiger partial charge in [0.1, 0.15) is 35.3 Å². The van der Waals surface area contributed by atoms with Crippen molar-refractivity contribution in [3.8, 4) is 0 Å². The number of hydrogen-bond donors (Lipinski definition) is 2. The van der Waals surface area contributed by atoms with Gasteiger partial charge in [-0.2, -0.15) is 0 Å². The van der Waals surface area contributed by atoms with Crippen molar-refractivity contribution in [2.45, 2.75) is 18.5 Å². The third-order valence-electron chi connectivity index (χ3n) is 6.17. The second-order valence-electron chi connectivity index (χ2n) is 8.55. The molecule has 7 nitrogen and oxygen atoms in total. The van der Waals surface area contributed by atoms with Crippen LogP contribution < -0.4 is 10.6 Å². The molecule has 0 aliphatic carbocycles. The minimum Gasteiger partial charge on any atom is -0.459 e. The van der Waals surface area contributed by atoms with E-state index in [1.54, 1.807) is 0 Å². The highest BCUT2D eigenvalue weighted by Crippen LogP contribution is 2.30. The molecule has 0 bridgehead atoms. The molecule has 1 aromatic heterocycles. The smallest absolute Gasteiger partial charge is 0.325 e. The Morgan fingerprint density at radius 1 is 1.03 bits per heavy atom. The summed E-state index contributed by atoms with van der Waals surface area (Å²) in [6.45, 7) is 1.05. The van der Waals surface area contributed by atoms with Gasteiger partial charge in [0.05, 0.1) is 0 Å². The standard InChI is InChI=1S/C27H22FN3O4/c1-27(19-11-13-20(28)14-12-19)25(33)31(26(34)30-27)16-23(32)29-24(17-7-3-2-4-8-17)22-15-18-9-5-6-10-21(18)35-22/h2-15,24H,16H2,1H3,(H,29,32)(H,30,34). The molecule has 2 N–H and O–H groups in total. The number of imide groups is 1. The zero-order valence-electron chi connectivity index (χ0n) is 18.8. The number of amides is 4. The number of furan rings is 1. The molecule has 8 heteroatoms. The van der Waals surface area contributed by atoms with Gasteiger partial charge in [0.25, 0.3) is 5.91 Å². The van der Waals surface area contributed by atoms with Gasteiger partial charge in [-0.15, -0.1) is 0 Å². The largest absolute Gasteiger partial charge is 0.459 e. The maximum atomic E-state index is 13.3. The fourth-order valence-electron chi connectivity index (χ4n) is 4.28. The quantitative estimate of drug-likeness (QED) is 0.412. The lowest BCUT2D eigenvalue weighted by atomic mass is 9.92.